The number of nitrogens with one attached hydrogen (secondary N) is 2. The summed E-state index contributed by atoms with van der Waals surface area (Å²) in [6, 6.07) is 6.22. The maximum absolute atomic E-state index is 13.2. The molecule has 3 saturated carbocycles. The van der Waals surface area contributed by atoms with Crippen molar-refractivity contribution in [2.24, 2.45) is 35.0 Å². The molecule has 0 unspecified atom stereocenters. The van der Waals surface area contributed by atoms with E-state index < -0.39 is 6.10 Å². The second-order valence-corrected chi connectivity index (χ2v) is 11.9. The Morgan fingerprint density at radius 3 is 2.43 bits per heavy atom. The summed E-state index contributed by atoms with van der Waals surface area (Å²) in [6.45, 7) is 6.72. The molecule has 3 aliphatic rings. The third kappa shape index (κ3) is 5.73. The van der Waals surface area contributed by atoms with Crippen LogP contribution in [0.4, 0.5) is 4.39 Å². The zero-order valence-electron chi connectivity index (χ0n) is 21.6. The molecule has 2 amide bonds. The standard InChI is InChI=1S/C29H43FN2O3/c1-18(27(34)31-17-20-9-11-22(30)12-10-20)23-13-15-29(3)16-14-24(19(2)25(29)26(23)33)32-28(35)21-7-5-4-6-8-21/h9-12,18-19,21,23-26,33H,4-8,13-17H2,1-3H3,(H,31,34)(H,32,35)/t18-,19+,23+,24-,25+,26-,29-/m0/s1. The van der Waals surface area contributed by atoms with Gasteiger partial charge in [0.05, 0.1) is 6.10 Å². The van der Waals surface area contributed by atoms with E-state index in [1.807, 2.05) is 6.92 Å². The number of rotatable bonds is 6. The van der Waals surface area contributed by atoms with Crippen molar-refractivity contribution in [3.63, 3.8) is 0 Å². The molecule has 0 heterocycles. The van der Waals surface area contributed by atoms with E-state index >= 15 is 0 Å². The number of fused-ring (bicyclic) bond motifs is 1. The molecule has 1 aromatic rings. The number of aliphatic hydroxyl groups is 1. The van der Waals surface area contributed by atoms with E-state index in [0.717, 1.165) is 56.9 Å². The van der Waals surface area contributed by atoms with Gasteiger partial charge in [-0.05, 0) is 79.4 Å². The van der Waals surface area contributed by atoms with Crippen LogP contribution < -0.4 is 10.6 Å². The van der Waals surface area contributed by atoms with Gasteiger partial charge in [0.15, 0.2) is 0 Å². The van der Waals surface area contributed by atoms with Crippen LogP contribution in [0.1, 0.15) is 84.1 Å². The number of carbonyl (C=O) groups excluding carboxylic acids is 2. The van der Waals surface area contributed by atoms with Crippen LogP contribution in [0.25, 0.3) is 0 Å². The number of carbonyl (C=O) groups is 2. The second-order valence-electron chi connectivity index (χ2n) is 11.9. The van der Waals surface area contributed by atoms with E-state index in [9.17, 15) is 19.1 Å². The highest BCUT2D eigenvalue weighted by molar-refractivity contribution is 5.79. The van der Waals surface area contributed by atoms with Gasteiger partial charge in [-0.3, -0.25) is 9.59 Å². The van der Waals surface area contributed by atoms with Crippen LogP contribution >= 0.6 is 0 Å². The van der Waals surface area contributed by atoms with Crippen molar-refractivity contribution in [1.82, 2.24) is 10.6 Å². The lowest BCUT2D eigenvalue weighted by atomic mass is 9.51. The summed E-state index contributed by atoms with van der Waals surface area (Å²) >= 11 is 0. The summed E-state index contributed by atoms with van der Waals surface area (Å²) < 4.78 is 13.2. The zero-order chi connectivity index (χ0) is 25.2. The highest BCUT2D eigenvalue weighted by Gasteiger charge is 2.54. The molecular weight excluding hydrogens is 443 g/mol. The zero-order valence-corrected chi connectivity index (χ0v) is 21.6. The Hall–Kier alpha value is -1.95. The van der Waals surface area contributed by atoms with Crippen molar-refractivity contribution in [2.75, 3.05) is 0 Å². The molecule has 1 aromatic carbocycles. The van der Waals surface area contributed by atoms with Crippen molar-refractivity contribution < 1.29 is 19.1 Å². The molecule has 0 aliphatic heterocycles. The van der Waals surface area contributed by atoms with Gasteiger partial charge in [0, 0.05) is 24.4 Å². The van der Waals surface area contributed by atoms with Crippen molar-refractivity contribution in [3.05, 3.63) is 35.6 Å². The van der Waals surface area contributed by atoms with Gasteiger partial charge in [-0.15, -0.1) is 0 Å². The van der Waals surface area contributed by atoms with Crippen LogP contribution in [0.3, 0.4) is 0 Å². The Balaban J connectivity index is 1.38. The van der Waals surface area contributed by atoms with Crippen LogP contribution in [-0.4, -0.2) is 29.1 Å². The lowest BCUT2D eigenvalue weighted by molar-refractivity contribution is -0.144. The minimum absolute atomic E-state index is 0.0334. The molecule has 4 rings (SSSR count). The fourth-order valence-corrected chi connectivity index (χ4v) is 7.31. The van der Waals surface area contributed by atoms with Gasteiger partial charge in [-0.1, -0.05) is 52.2 Å². The maximum Gasteiger partial charge on any atom is 0.223 e. The molecular formula is C29H43FN2O3. The van der Waals surface area contributed by atoms with Crippen molar-refractivity contribution in [1.29, 1.82) is 0 Å². The predicted octanol–water partition coefficient (Wildman–Crippen LogP) is 4.97. The average Bonchev–Trinajstić information content (AvgIpc) is 2.85. The monoisotopic (exact) mass is 486 g/mol. The maximum atomic E-state index is 13.2. The van der Waals surface area contributed by atoms with Crippen LogP contribution in [0, 0.1) is 40.8 Å². The SMILES string of the molecule is C[C@H]1[C@@H]2[C@@H](O)[C@@H]([C@H](C)C(=O)NCc3ccc(F)cc3)CC[C@@]2(C)CC[C@@H]1NC(=O)C1CCCCC1. The molecule has 3 aliphatic carbocycles. The lowest BCUT2D eigenvalue weighted by Crippen LogP contribution is -2.59. The first kappa shape index (κ1) is 26.1. The van der Waals surface area contributed by atoms with Crippen molar-refractivity contribution in [2.45, 2.75) is 97.2 Å². The van der Waals surface area contributed by atoms with E-state index in [2.05, 4.69) is 24.5 Å². The topological polar surface area (TPSA) is 78.4 Å². The molecule has 0 saturated heterocycles. The first-order valence-electron chi connectivity index (χ1n) is 13.7. The summed E-state index contributed by atoms with van der Waals surface area (Å²) in [5, 5.41) is 17.9. The van der Waals surface area contributed by atoms with Crippen LogP contribution in [0.15, 0.2) is 24.3 Å². The number of hydrogen-bond acceptors (Lipinski definition) is 3. The van der Waals surface area contributed by atoms with Crippen LogP contribution in [0.2, 0.25) is 0 Å². The fraction of sp³-hybridized carbons (Fsp3) is 0.724. The number of amides is 2. The molecule has 194 valence electrons. The van der Waals surface area contributed by atoms with Gasteiger partial charge in [-0.2, -0.15) is 0 Å². The number of benzene rings is 1. The molecule has 7 atom stereocenters. The first-order valence-corrected chi connectivity index (χ1v) is 13.7. The van der Waals surface area contributed by atoms with Gasteiger partial charge >= 0.3 is 0 Å². The molecule has 6 heteroatoms. The number of halogens is 1. The van der Waals surface area contributed by atoms with E-state index in [-0.39, 0.29) is 58.7 Å². The summed E-state index contributed by atoms with van der Waals surface area (Å²) in [4.78, 5) is 25.9. The molecule has 3 fully saturated rings. The summed E-state index contributed by atoms with van der Waals surface area (Å²) in [6.07, 6.45) is 8.67. The number of aliphatic hydroxyl groups excluding tert-OH is 1. The molecule has 3 N–H and O–H groups in total. The van der Waals surface area contributed by atoms with Crippen molar-refractivity contribution >= 4 is 11.8 Å². The summed E-state index contributed by atoms with van der Waals surface area (Å²) in [5.74, 6) is -0.258. The largest absolute Gasteiger partial charge is 0.392 e. The summed E-state index contributed by atoms with van der Waals surface area (Å²) in [5.41, 5.74) is 0.882. The highest BCUT2D eigenvalue weighted by atomic mass is 19.1. The fourth-order valence-electron chi connectivity index (χ4n) is 7.31. The van der Waals surface area contributed by atoms with Gasteiger partial charge in [0.25, 0.3) is 0 Å². The quantitative estimate of drug-likeness (QED) is 0.531. The molecule has 0 bridgehead atoms. The molecule has 5 nitrogen and oxygen atoms in total. The van der Waals surface area contributed by atoms with E-state index in [4.69, 9.17) is 0 Å². The van der Waals surface area contributed by atoms with Gasteiger partial charge in [0.1, 0.15) is 5.82 Å². The third-order valence-corrected chi connectivity index (χ3v) is 9.63. The minimum atomic E-state index is -0.579. The Morgan fingerprint density at radius 2 is 1.74 bits per heavy atom. The Labute approximate surface area is 209 Å². The van der Waals surface area contributed by atoms with E-state index in [1.54, 1.807) is 12.1 Å². The van der Waals surface area contributed by atoms with Gasteiger partial charge in [-0.25, -0.2) is 4.39 Å². The van der Waals surface area contributed by atoms with Crippen molar-refractivity contribution in [3.8, 4) is 0 Å². The van der Waals surface area contributed by atoms with Crippen LogP contribution in [0.5, 0.6) is 0 Å². The first-order chi connectivity index (χ1) is 16.7. The van der Waals surface area contributed by atoms with E-state index in [0.29, 0.717) is 6.54 Å². The summed E-state index contributed by atoms with van der Waals surface area (Å²) in [7, 11) is 0. The number of hydrogen-bond donors (Lipinski definition) is 3. The molecule has 0 aromatic heterocycles. The minimum Gasteiger partial charge on any atom is -0.392 e. The van der Waals surface area contributed by atoms with E-state index in [1.165, 1.54) is 18.6 Å². The van der Waals surface area contributed by atoms with Crippen LogP contribution in [-0.2, 0) is 16.1 Å². The Kier molecular flexibility index (Phi) is 8.19. The average molecular weight is 487 g/mol. The smallest absolute Gasteiger partial charge is 0.223 e. The third-order valence-electron chi connectivity index (χ3n) is 9.63. The highest BCUT2D eigenvalue weighted by Crippen LogP contribution is 2.55. The van der Waals surface area contributed by atoms with Gasteiger partial charge < -0.3 is 15.7 Å². The Morgan fingerprint density at radius 1 is 1.09 bits per heavy atom. The Bertz CT molecular complexity index is 884. The lowest BCUT2D eigenvalue weighted by Gasteiger charge is -2.56. The second kappa shape index (κ2) is 11.0. The molecule has 0 radical (unpaired) electrons. The normalized spacial score (nSPS) is 34.5. The molecule has 35 heavy (non-hydrogen) atoms. The van der Waals surface area contributed by atoms with Gasteiger partial charge in [0.2, 0.25) is 11.8 Å². The molecule has 0 spiro atoms. The predicted molar refractivity (Wildman–Crippen MR) is 135 cm³/mol.